The molecule has 0 aromatic heterocycles. The summed E-state index contributed by atoms with van der Waals surface area (Å²) in [5, 5.41) is 15.0. The molecule has 1 aliphatic rings. The average Bonchev–Trinajstić information content (AvgIpc) is 2.78. The molecule has 18 heavy (non-hydrogen) atoms. The molecule has 0 saturated carbocycles. The van der Waals surface area contributed by atoms with Gasteiger partial charge in [0.1, 0.15) is 0 Å². The van der Waals surface area contributed by atoms with Crippen molar-refractivity contribution in [1.82, 2.24) is 10.6 Å². The zero-order valence-electron chi connectivity index (χ0n) is 11.3. The maximum absolute atomic E-state index is 12.3. The fraction of sp³-hybridized carbons (Fsp3) is 0.846. The first-order chi connectivity index (χ1) is 8.54. The Balaban J connectivity index is 2.61. The number of carbonyl (C=O) groups excluding carboxylic acids is 1. The molecule has 104 valence electrons. The second-order valence-electron chi connectivity index (χ2n) is 5.12. The van der Waals surface area contributed by atoms with Crippen LogP contribution in [0.15, 0.2) is 0 Å². The molecule has 0 spiro atoms. The lowest BCUT2D eigenvalue weighted by molar-refractivity contribution is -0.138. The molecule has 1 amide bonds. The van der Waals surface area contributed by atoms with Gasteiger partial charge >= 0.3 is 5.97 Å². The largest absolute Gasteiger partial charge is 0.481 e. The first-order valence-corrected chi connectivity index (χ1v) is 6.77. The van der Waals surface area contributed by atoms with E-state index in [0.29, 0.717) is 13.0 Å². The Hall–Kier alpha value is -1.10. The average molecular weight is 256 g/mol. The molecule has 5 nitrogen and oxygen atoms in total. The van der Waals surface area contributed by atoms with Gasteiger partial charge in [0.15, 0.2) is 0 Å². The van der Waals surface area contributed by atoms with Gasteiger partial charge in [-0.3, -0.25) is 9.59 Å². The van der Waals surface area contributed by atoms with Crippen LogP contribution in [0.25, 0.3) is 0 Å². The van der Waals surface area contributed by atoms with Crippen LogP contribution in [0.1, 0.15) is 46.0 Å². The summed E-state index contributed by atoms with van der Waals surface area (Å²) < 4.78 is 0. The van der Waals surface area contributed by atoms with Crippen LogP contribution in [0.5, 0.6) is 0 Å². The molecule has 1 rings (SSSR count). The zero-order valence-corrected chi connectivity index (χ0v) is 11.3. The fourth-order valence-electron chi connectivity index (χ4n) is 2.52. The summed E-state index contributed by atoms with van der Waals surface area (Å²) in [5.41, 5.74) is -0.343. The smallest absolute Gasteiger partial charge is 0.305 e. The van der Waals surface area contributed by atoms with Crippen LogP contribution in [0.4, 0.5) is 0 Å². The molecule has 2 atom stereocenters. The van der Waals surface area contributed by atoms with Gasteiger partial charge in [0.05, 0.1) is 11.8 Å². The highest BCUT2D eigenvalue weighted by atomic mass is 16.4. The molecule has 3 N–H and O–H groups in total. The number of hydrogen-bond acceptors (Lipinski definition) is 3. The van der Waals surface area contributed by atoms with Crippen molar-refractivity contribution in [3.63, 3.8) is 0 Å². The van der Waals surface area contributed by atoms with E-state index in [-0.39, 0.29) is 23.8 Å². The summed E-state index contributed by atoms with van der Waals surface area (Å²) in [6.45, 7) is 5.56. The number of carbonyl (C=O) groups is 2. The van der Waals surface area contributed by atoms with E-state index in [9.17, 15) is 9.59 Å². The Kier molecular flexibility index (Phi) is 5.59. The molecule has 1 fully saturated rings. The van der Waals surface area contributed by atoms with Crippen LogP contribution >= 0.6 is 0 Å². The van der Waals surface area contributed by atoms with E-state index in [2.05, 4.69) is 10.6 Å². The first kappa shape index (κ1) is 15.0. The van der Waals surface area contributed by atoms with Crippen LogP contribution in [0, 0.1) is 5.41 Å². The monoisotopic (exact) mass is 256 g/mol. The van der Waals surface area contributed by atoms with Crippen molar-refractivity contribution >= 4 is 11.9 Å². The topological polar surface area (TPSA) is 78.4 Å². The third kappa shape index (κ3) is 3.70. The lowest BCUT2D eigenvalue weighted by atomic mass is 9.83. The van der Waals surface area contributed by atoms with Crippen molar-refractivity contribution in [2.75, 3.05) is 13.1 Å². The molecule has 2 unspecified atom stereocenters. The quantitative estimate of drug-likeness (QED) is 0.638. The molecule has 0 aromatic rings. The third-order valence-corrected chi connectivity index (χ3v) is 3.80. The molecule has 5 heteroatoms. The fourth-order valence-corrected chi connectivity index (χ4v) is 2.52. The Morgan fingerprint density at radius 3 is 2.61 bits per heavy atom. The van der Waals surface area contributed by atoms with Gasteiger partial charge in [-0.05, 0) is 25.8 Å². The molecule has 0 radical (unpaired) electrons. The third-order valence-electron chi connectivity index (χ3n) is 3.80. The van der Waals surface area contributed by atoms with E-state index in [1.165, 1.54) is 0 Å². The van der Waals surface area contributed by atoms with Gasteiger partial charge in [-0.2, -0.15) is 0 Å². The zero-order chi connectivity index (χ0) is 13.6. The van der Waals surface area contributed by atoms with E-state index in [0.717, 1.165) is 25.8 Å². The lowest BCUT2D eigenvalue weighted by Gasteiger charge is -2.28. The number of carboxylic acid groups (broad SMARTS) is 1. The van der Waals surface area contributed by atoms with Gasteiger partial charge < -0.3 is 15.7 Å². The van der Waals surface area contributed by atoms with Gasteiger partial charge in [-0.25, -0.2) is 0 Å². The van der Waals surface area contributed by atoms with Gasteiger partial charge in [0.2, 0.25) is 5.91 Å². The van der Waals surface area contributed by atoms with Crippen LogP contribution < -0.4 is 10.6 Å². The number of aliphatic carboxylic acids is 1. The molecule has 1 heterocycles. The van der Waals surface area contributed by atoms with E-state index < -0.39 is 5.97 Å². The van der Waals surface area contributed by atoms with Crippen molar-refractivity contribution in [3.05, 3.63) is 0 Å². The summed E-state index contributed by atoms with van der Waals surface area (Å²) in [7, 11) is 0. The highest BCUT2D eigenvalue weighted by Gasteiger charge is 2.40. The van der Waals surface area contributed by atoms with Crippen molar-refractivity contribution < 1.29 is 14.7 Å². The minimum Gasteiger partial charge on any atom is -0.481 e. The summed E-state index contributed by atoms with van der Waals surface area (Å²) >= 11 is 0. The molecular formula is C13H24N2O3. The summed E-state index contributed by atoms with van der Waals surface area (Å²) in [5.74, 6) is -0.849. The molecule has 0 aliphatic carbocycles. The summed E-state index contributed by atoms with van der Waals surface area (Å²) in [4.78, 5) is 23.1. The van der Waals surface area contributed by atoms with Crippen molar-refractivity contribution in [2.45, 2.75) is 52.0 Å². The van der Waals surface area contributed by atoms with E-state index in [4.69, 9.17) is 5.11 Å². The Bertz CT molecular complexity index is 299. The Morgan fingerprint density at radius 2 is 2.17 bits per heavy atom. The molecular weight excluding hydrogens is 232 g/mol. The van der Waals surface area contributed by atoms with Crippen LogP contribution in [0.2, 0.25) is 0 Å². The Labute approximate surface area is 108 Å². The van der Waals surface area contributed by atoms with Crippen LogP contribution in [-0.2, 0) is 9.59 Å². The highest BCUT2D eigenvalue weighted by molar-refractivity contribution is 5.84. The minimum atomic E-state index is -0.858. The minimum absolute atomic E-state index is 0.00675. The molecule has 0 bridgehead atoms. The van der Waals surface area contributed by atoms with Crippen LogP contribution in [-0.4, -0.2) is 36.1 Å². The molecule has 1 saturated heterocycles. The van der Waals surface area contributed by atoms with E-state index in [1.54, 1.807) is 0 Å². The number of nitrogens with one attached hydrogen (secondary N) is 2. The van der Waals surface area contributed by atoms with E-state index >= 15 is 0 Å². The van der Waals surface area contributed by atoms with Gasteiger partial charge in [0, 0.05) is 12.6 Å². The number of hydrogen-bond donors (Lipinski definition) is 3. The standard InChI is InChI=1S/C13H24N2O3/c1-3-5-10(8-11(16)17)15-12(18)13(4-2)6-7-14-9-13/h10,14H,3-9H2,1-2H3,(H,15,18)(H,16,17). The SMILES string of the molecule is CCCC(CC(=O)O)NC(=O)C1(CC)CCNC1. The van der Waals surface area contributed by atoms with Gasteiger partial charge in [-0.15, -0.1) is 0 Å². The van der Waals surface area contributed by atoms with Crippen molar-refractivity contribution in [3.8, 4) is 0 Å². The second kappa shape index (κ2) is 6.73. The Morgan fingerprint density at radius 1 is 1.44 bits per heavy atom. The van der Waals surface area contributed by atoms with Crippen LogP contribution in [0.3, 0.4) is 0 Å². The van der Waals surface area contributed by atoms with Gasteiger partial charge in [0.25, 0.3) is 0 Å². The summed E-state index contributed by atoms with van der Waals surface area (Å²) in [6, 6.07) is -0.246. The predicted molar refractivity (Wildman–Crippen MR) is 69.3 cm³/mol. The maximum atomic E-state index is 12.3. The maximum Gasteiger partial charge on any atom is 0.305 e. The normalized spacial score (nSPS) is 24.8. The molecule has 0 aromatic carbocycles. The number of amides is 1. The molecule has 1 aliphatic heterocycles. The van der Waals surface area contributed by atoms with Gasteiger partial charge in [-0.1, -0.05) is 20.3 Å². The van der Waals surface area contributed by atoms with Crippen molar-refractivity contribution in [2.24, 2.45) is 5.41 Å². The van der Waals surface area contributed by atoms with E-state index in [1.807, 2.05) is 13.8 Å². The second-order valence-corrected chi connectivity index (χ2v) is 5.12. The summed E-state index contributed by atoms with van der Waals surface area (Å²) in [6.07, 6.45) is 3.21. The number of rotatable bonds is 7. The highest BCUT2D eigenvalue weighted by Crippen LogP contribution is 2.29. The predicted octanol–water partition coefficient (Wildman–Crippen LogP) is 1.14. The first-order valence-electron chi connectivity index (χ1n) is 6.77. The van der Waals surface area contributed by atoms with Crippen molar-refractivity contribution in [1.29, 1.82) is 0 Å². The number of carboxylic acids is 1. The lowest BCUT2D eigenvalue weighted by Crippen LogP contribution is -2.47.